The van der Waals surface area contributed by atoms with Gasteiger partial charge in [0.1, 0.15) is 0 Å². The summed E-state index contributed by atoms with van der Waals surface area (Å²) in [5, 5.41) is 3.38. The lowest BCUT2D eigenvalue weighted by Crippen LogP contribution is -2.61. The second kappa shape index (κ2) is 5.47. The van der Waals surface area contributed by atoms with Gasteiger partial charge in [0.15, 0.2) is 0 Å². The zero-order chi connectivity index (χ0) is 16.2. The number of amides is 1. The fraction of sp³-hybridized carbons (Fsp3) is 0.950. The number of carbonyl (C=O) groups excluding carboxylic acids is 1. The van der Waals surface area contributed by atoms with Crippen LogP contribution in [0.3, 0.4) is 0 Å². The SMILES string of the molecule is CC(=O)N[C@H]1C(C)(C)[C@@H]2C[C@@H]3[C@@H](C4CCCCC4)OCCC31C2. The Kier molecular flexibility index (Phi) is 3.79. The molecule has 1 amide bonds. The van der Waals surface area contributed by atoms with Crippen molar-refractivity contribution in [1.82, 2.24) is 5.32 Å². The van der Waals surface area contributed by atoms with Crippen LogP contribution >= 0.6 is 0 Å². The number of nitrogens with one attached hydrogen (secondary N) is 1. The highest BCUT2D eigenvalue weighted by atomic mass is 16.5. The third-order valence-electron chi connectivity index (χ3n) is 8.01. The third kappa shape index (κ3) is 2.29. The van der Waals surface area contributed by atoms with Crippen molar-refractivity contribution >= 4 is 5.91 Å². The molecule has 4 rings (SSSR count). The molecule has 1 aliphatic heterocycles. The molecule has 5 atom stereocenters. The minimum Gasteiger partial charge on any atom is -0.378 e. The highest BCUT2D eigenvalue weighted by Gasteiger charge is 2.68. The first kappa shape index (κ1) is 15.9. The minimum absolute atomic E-state index is 0.143. The predicted molar refractivity (Wildman–Crippen MR) is 91.0 cm³/mol. The molecular weight excluding hydrogens is 286 g/mol. The van der Waals surface area contributed by atoms with Gasteiger partial charge in [0.25, 0.3) is 0 Å². The molecule has 1 heterocycles. The van der Waals surface area contributed by atoms with Gasteiger partial charge in [-0.2, -0.15) is 0 Å². The zero-order valence-corrected chi connectivity index (χ0v) is 15.1. The summed E-state index contributed by atoms with van der Waals surface area (Å²) >= 11 is 0. The van der Waals surface area contributed by atoms with Gasteiger partial charge < -0.3 is 10.1 Å². The Labute approximate surface area is 140 Å². The van der Waals surface area contributed by atoms with Crippen LogP contribution < -0.4 is 5.32 Å². The lowest BCUT2D eigenvalue weighted by atomic mass is 9.57. The topological polar surface area (TPSA) is 38.3 Å². The maximum Gasteiger partial charge on any atom is 0.217 e. The Morgan fingerprint density at radius 1 is 1.17 bits per heavy atom. The van der Waals surface area contributed by atoms with Crippen molar-refractivity contribution in [3.05, 3.63) is 0 Å². The van der Waals surface area contributed by atoms with Crippen LogP contribution in [0.1, 0.15) is 72.1 Å². The van der Waals surface area contributed by atoms with Gasteiger partial charge in [0.2, 0.25) is 5.91 Å². The molecule has 3 heteroatoms. The molecule has 3 aliphatic carbocycles. The van der Waals surface area contributed by atoms with E-state index >= 15 is 0 Å². The van der Waals surface area contributed by atoms with E-state index in [2.05, 4.69) is 19.2 Å². The van der Waals surface area contributed by atoms with E-state index in [0.717, 1.165) is 24.9 Å². The van der Waals surface area contributed by atoms with Gasteiger partial charge in [-0.3, -0.25) is 4.79 Å². The molecule has 0 aromatic heterocycles. The van der Waals surface area contributed by atoms with Crippen LogP contribution in [0.25, 0.3) is 0 Å². The van der Waals surface area contributed by atoms with Crippen molar-refractivity contribution in [3.63, 3.8) is 0 Å². The normalized spacial score (nSPS) is 45.7. The van der Waals surface area contributed by atoms with Crippen molar-refractivity contribution in [3.8, 4) is 0 Å². The number of hydrogen-bond donors (Lipinski definition) is 1. The first-order valence-electron chi connectivity index (χ1n) is 9.84. The van der Waals surface area contributed by atoms with Crippen LogP contribution in [-0.4, -0.2) is 24.7 Å². The number of ether oxygens (including phenoxy) is 1. The summed E-state index contributed by atoms with van der Waals surface area (Å²) in [6.07, 6.45) is 11.1. The number of carbonyl (C=O) groups is 1. The van der Waals surface area contributed by atoms with E-state index in [1.807, 2.05) is 0 Å². The van der Waals surface area contributed by atoms with Crippen LogP contribution in [0, 0.1) is 28.6 Å². The first-order valence-corrected chi connectivity index (χ1v) is 9.84. The van der Waals surface area contributed by atoms with Crippen molar-refractivity contribution in [2.24, 2.45) is 28.6 Å². The molecule has 2 bridgehead atoms. The van der Waals surface area contributed by atoms with Gasteiger partial charge in [-0.05, 0) is 60.7 Å². The molecular formula is C20H33NO2. The fourth-order valence-electron chi connectivity index (χ4n) is 6.96. The Bertz CT molecular complexity index is 482. The number of hydrogen-bond acceptors (Lipinski definition) is 2. The Hall–Kier alpha value is -0.570. The second-order valence-electron chi connectivity index (χ2n) is 9.41. The highest BCUT2D eigenvalue weighted by molar-refractivity contribution is 5.73. The van der Waals surface area contributed by atoms with Crippen molar-refractivity contribution in [1.29, 1.82) is 0 Å². The average molecular weight is 319 g/mol. The maximum atomic E-state index is 11.9. The van der Waals surface area contributed by atoms with Crippen molar-refractivity contribution in [2.45, 2.75) is 84.3 Å². The molecule has 23 heavy (non-hydrogen) atoms. The predicted octanol–water partition coefficient (Wildman–Crippen LogP) is 3.91. The quantitative estimate of drug-likeness (QED) is 0.838. The smallest absolute Gasteiger partial charge is 0.217 e. The van der Waals surface area contributed by atoms with Crippen LogP contribution in [0.5, 0.6) is 0 Å². The Morgan fingerprint density at radius 2 is 1.91 bits per heavy atom. The second-order valence-corrected chi connectivity index (χ2v) is 9.41. The summed E-state index contributed by atoms with van der Waals surface area (Å²) in [6, 6.07) is 0.339. The van der Waals surface area contributed by atoms with Crippen LogP contribution in [-0.2, 0) is 9.53 Å². The zero-order valence-electron chi connectivity index (χ0n) is 15.1. The van der Waals surface area contributed by atoms with E-state index in [1.54, 1.807) is 6.92 Å². The average Bonchev–Trinajstić information content (AvgIpc) is 3.01. The summed E-state index contributed by atoms with van der Waals surface area (Å²) in [6.45, 7) is 7.35. The molecule has 0 aromatic rings. The summed E-state index contributed by atoms with van der Waals surface area (Å²) in [5.41, 5.74) is 0.539. The van der Waals surface area contributed by atoms with Crippen LogP contribution in [0.4, 0.5) is 0 Å². The largest absolute Gasteiger partial charge is 0.378 e. The summed E-state index contributed by atoms with van der Waals surface area (Å²) in [5.74, 6) is 2.34. The van der Waals surface area contributed by atoms with E-state index in [4.69, 9.17) is 4.74 Å². The van der Waals surface area contributed by atoms with Crippen molar-refractivity contribution < 1.29 is 9.53 Å². The first-order chi connectivity index (χ1) is 10.9. The fourth-order valence-corrected chi connectivity index (χ4v) is 6.96. The molecule has 0 aromatic carbocycles. The summed E-state index contributed by atoms with van der Waals surface area (Å²) in [7, 11) is 0. The van der Waals surface area contributed by atoms with Crippen LogP contribution in [0.15, 0.2) is 0 Å². The van der Waals surface area contributed by atoms with E-state index < -0.39 is 0 Å². The Balaban J connectivity index is 1.63. The molecule has 130 valence electrons. The summed E-state index contributed by atoms with van der Waals surface area (Å²) in [4.78, 5) is 11.9. The summed E-state index contributed by atoms with van der Waals surface area (Å²) < 4.78 is 6.39. The standard InChI is InChI=1S/C20H33NO2/c1-13(22)21-18-19(2,3)15-11-16-17(14-7-5-4-6-8-14)23-10-9-20(16,18)12-15/h14-18H,4-12H2,1-3H3,(H,21,22)/t15-,16-,17-,18+,20?/m1/s1. The molecule has 0 radical (unpaired) electrons. The molecule has 4 aliphatic rings. The van der Waals surface area contributed by atoms with Gasteiger partial charge in [-0.1, -0.05) is 33.1 Å². The van der Waals surface area contributed by atoms with E-state index in [9.17, 15) is 4.79 Å². The number of rotatable bonds is 2. The third-order valence-corrected chi connectivity index (χ3v) is 8.01. The lowest BCUT2D eigenvalue weighted by Gasteiger charge is -2.54. The van der Waals surface area contributed by atoms with Gasteiger partial charge in [0, 0.05) is 19.6 Å². The van der Waals surface area contributed by atoms with Gasteiger partial charge >= 0.3 is 0 Å². The van der Waals surface area contributed by atoms with Crippen LogP contribution in [0.2, 0.25) is 0 Å². The van der Waals surface area contributed by atoms with E-state index in [0.29, 0.717) is 23.5 Å². The lowest BCUT2D eigenvalue weighted by molar-refractivity contribution is -0.149. The number of fused-ring (bicyclic) bond motifs is 1. The minimum atomic E-state index is 0.143. The molecule has 1 N–H and O–H groups in total. The van der Waals surface area contributed by atoms with Gasteiger partial charge in [-0.25, -0.2) is 0 Å². The molecule has 4 fully saturated rings. The molecule has 1 unspecified atom stereocenters. The van der Waals surface area contributed by atoms with E-state index in [1.165, 1.54) is 44.9 Å². The molecule has 3 saturated carbocycles. The maximum absolute atomic E-state index is 11.9. The van der Waals surface area contributed by atoms with Gasteiger partial charge in [-0.15, -0.1) is 0 Å². The monoisotopic (exact) mass is 319 g/mol. The Morgan fingerprint density at radius 3 is 2.61 bits per heavy atom. The molecule has 1 saturated heterocycles. The van der Waals surface area contributed by atoms with E-state index in [-0.39, 0.29) is 11.3 Å². The molecule has 3 nitrogen and oxygen atoms in total. The highest BCUT2D eigenvalue weighted by Crippen LogP contribution is 2.69. The van der Waals surface area contributed by atoms with Gasteiger partial charge in [0.05, 0.1) is 6.10 Å². The molecule has 1 spiro atoms. The van der Waals surface area contributed by atoms with Crippen molar-refractivity contribution in [2.75, 3.05) is 6.61 Å².